The number of nitrogens with one attached hydrogen (secondary N) is 1. The summed E-state index contributed by atoms with van der Waals surface area (Å²) in [5, 5.41) is 2.85. The molecule has 1 amide bonds. The maximum atomic E-state index is 12.4. The summed E-state index contributed by atoms with van der Waals surface area (Å²) >= 11 is 6.24. The summed E-state index contributed by atoms with van der Waals surface area (Å²) in [6, 6.07) is 9.23. The van der Waals surface area contributed by atoms with E-state index in [9.17, 15) is 13.6 Å². The van der Waals surface area contributed by atoms with Crippen molar-refractivity contribution in [2.45, 2.75) is 20.0 Å². The van der Waals surface area contributed by atoms with Gasteiger partial charge in [-0.1, -0.05) is 30.7 Å². The van der Waals surface area contributed by atoms with Gasteiger partial charge in [-0.05, 0) is 42.3 Å². The first-order chi connectivity index (χ1) is 13.4. The van der Waals surface area contributed by atoms with E-state index in [1.165, 1.54) is 37.5 Å². The van der Waals surface area contributed by atoms with Crippen molar-refractivity contribution in [3.63, 3.8) is 0 Å². The van der Waals surface area contributed by atoms with Crippen LogP contribution < -0.4 is 19.5 Å². The summed E-state index contributed by atoms with van der Waals surface area (Å²) < 4.78 is 40.1. The Morgan fingerprint density at radius 2 is 2.00 bits per heavy atom. The summed E-state index contributed by atoms with van der Waals surface area (Å²) in [6.07, 6.45) is 3.58. The standard InChI is InChI=1S/C20H20ClF2NO4/c1-3-10-27-19-14(21)11-13(12-17(19)26-2)8-9-18(25)24-15-6-4-5-7-16(15)28-20(22)23/h4-9,11-12,20H,3,10H2,1-2H3,(H,24,25)/b9-8+. The van der Waals surface area contributed by atoms with Gasteiger partial charge in [0.2, 0.25) is 5.91 Å². The molecular formula is C20H20ClF2NO4. The monoisotopic (exact) mass is 411 g/mol. The molecule has 5 nitrogen and oxygen atoms in total. The van der Waals surface area contributed by atoms with Crippen molar-refractivity contribution in [1.82, 2.24) is 0 Å². The van der Waals surface area contributed by atoms with Crippen LogP contribution in [0.25, 0.3) is 6.08 Å². The molecular weight excluding hydrogens is 392 g/mol. The number of alkyl halides is 2. The number of benzene rings is 2. The highest BCUT2D eigenvalue weighted by Crippen LogP contribution is 2.37. The van der Waals surface area contributed by atoms with Crippen LogP contribution in [0.2, 0.25) is 5.02 Å². The van der Waals surface area contributed by atoms with Crippen molar-refractivity contribution in [2.75, 3.05) is 19.0 Å². The van der Waals surface area contributed by atoms with Crippen LogP contribution in [-0.4, -0.2) is 26.2 Å². The summed E-state index contributed by atoms with van der Waals surface area (Å²) in [5.74, 6) is 0.232. The van der Waals surface area contributed by atoms with Crippen molar-refractivity contribution in [2.24, 2.45) is 0 Å². The van der Waals surface area contributed by atoms with Gasteiger partial charge in [0.1, 0.15) is 5.75 Å². The lowest BCUT2D eigenvalue weighted by molar-refractivity contribution is -0.111. The highest BCUT2D eigenvalue weighted by molar-refractivity contribution is 6.32. The second-order valence-corrected chi connectivity index (χ2v) is 5.99. The number of para-hydroxylation sites is 2. The third kappa shape index (κ3) is 6.13. The lowest BCUT2D eigenvalue weighted by Gasteiger charge is -2.12. The van der Waals surface area contributed by atoms with Crippen LogP contribution in [0.3, 0.4) is 0 Å². The van der Waals surface area contributed by atoms with Gasteiger partial charge in [-0.25, -0.2) is 0 Å². The zero-order chi connectivity index (χ0) is 20.5. The summed E-state index contributed by atoms with van der Waals surface area (Å²) in [7, 11) is 1.49. The number of carbonyl (C=O) groups excluding carboxylic acids is 1. The van der Waals surface area contributed by atoms with Gasteiger partial charge in [0.05, 0.1) is 24.4 Å². The second kappa shape index (κ2) is 10.5. The van der Waals surface area contributed by atoms with Gasteiger partial charge < -0.3 is 19.5 Å². The number of hydrogen-bond donors (Lipinski definition) is 1. The first kappa shape index (κ1) is 21.5. The predicted octanol–water partition coefficient (Wildman–Crippen LogP) is 5.39. The third-order valence-electron chi connectivity index (χ3n) is 3.49. The highest BCUT2D eigenvalue weighted by atomic mass is 35.5. The maximum absolute atomic E-state index is 12.4. The van der Waals surface area contributed by atoms with Crippen LogP contribution in [0.5, 0.6) is 17.2 Å². The molecule has 0 saturated heterocycles. The van der Waals surface area contributed by atoms with Gasteiger partial charge in [-0.2, -0.15) is 8.78 Å². The van der Waals surface area contributed by atoms with Gasteiger partial charge in [0.15, 0.2) is 11.5 Å². The van der Waals surface area contributed by atoms with Crippen LogP contribution in [0.1, 0.15) is 18.9 Å². The molecule has 0 spiro atoms. The number of anilines is 1. The fraction of sp³-hybridized carbons (Fsp3) is 0.250. The summed E-state index contributed by atoms with van der Waals surface area (Å²) in [4.78, 5) is 12.1. The van der Waals surface area contributed by atoms with Crippen molar-refractivity contribution in [3.8, 4) is 17.2 Å². The molecule has 0 aliphatic rings. The van der Waals surface area contributed by atoms with E-state index in [-0.39, 0.29) is 11.4 Å². The number of ether oxygens (including phenoxy) is 3. The van der Waals surface area contributed by atoms with E-state index in [1.807, 2.05) is 6.92 Å². The first-order valence-electron chi connectivity index (χ1n) is 8.47. The lowest BCUT2D eigenvalue weighted by atomic mass is 10.2. The fourth-order valence-electron chi connectivity index (χ4n) is 2.30. The van der Waals surface area contributed by atoms with Crippen LogP contribution in [-0.2, 0) is 4.79 Å². The molecule has 0 fully saturated rings. The zero-order valence-electron chi connectivity index (χ0n) is 15.4. The van der Waals surface area contributed by atoms with E-state index in [1.54, 1.807) is 18.2 Å². The number of rotatable bonds is 9. The molecule has 0 aliphatic carbocycles. The van der Waals surface area contributed by atoms with E-state index in [2.05, 4.69) is 10.1 Å². The van der Waals surface area contributed by atoms with Crippen molar-refractivity contribution in [1.29, 1.82) is 0 Å². The van der Waals surface area contributed by atoms with E-state index in [4.69, 9.17) is 21.1 Å². The normalized spacial score (nSPS) is 10.9. The Morgan fingerprint density at radius 1 is 1.25 bits per heavy atom. The SMILES string of the molecule is CCCOc1c(Cl)cc(/C=C/C(=O)Nc2ccccc2OC(F)F)cc1OC. The Balaban J connectivity index is 2.13. The third-order valence-corrected chi connectivity index (χ3v) is 3.77. The van der Waals surface area contributed by atoms with Crippen LogP contribution in [0.15, 0.2) is 42.5 Å². The smallest absolute Gasteiger partial charge is 0.387 e. The minimum Gasteiger partial charge on any atom is -0.493 e. The molecule has 0 bridgehead atoms. The molecule has 0 saturated carbocycles. The second-order valence-electron chi connectivity index (χ2n) is 5.58. The first-order valence-corrected chi connectivity index (χ1v) is 8.85. The van der Waals surface area contributed by atoms with Gasteiger partial charge in [0.25, 0.3) is 0 Å². The van der Waals surface area contributed by atoms with E-state index < -0.39 is 12.5 Å². The molecule has 0 radical (unpaired) electrons. The number of amides is 1. The van der Waals surface area contributed by atoms with E-state index >= 15 is 0 Å². The largest absolute Gasteiger partial charge is 0.493 e. The van der Waals surface area contributed by atoms with Crippen LogP contribution in [0.4, 0.5) is 14.5 Å². The molecule has 2 aromatic carbocycles. The molecule has 150 valence electrons. The Labute approximate surface area is 166 Å². The molecule has 0 atom stereocenters. The van der Waals surface area contributed by atoms with E-state index in [0.717, 1.165) is 6.42 Å². The minimum atomic E-state index is -2.99. The predicted molar refractivity (Wildman–Crippen MR) is 105 cm³/mol. The van der Waals surface area contributed by atoms with Crippen LogP contribution >= 0.6 is 11.6 Å². The van der Waals surface area contributed by atoms with Gasteiger partial charge in [-0.15, -0.1) is 0 Å². The summed E-state index contributed by atoms with van der Waals surface area (Å²) in [6.45, 7) is -0.523. The highest BCUT2D eigenvalue weighted by Gasteiger charge is 2.12. The zero-order valence-corrected chi connectivity index (χ0v) is 16.1. The number of hydrogen-bond acceptors (Lipinski definition) is 4. The van der Waals surface area contributed by atoms with Crippen molar-refractivity contribution in [3.05, 3.63) is 53.1 Å². The van der Waals surface area contributed by atoms with Crippen molar-refractivity contribution < 1.29 is 27.8 Å². The van der Waals surface area contributed by atoms with Crippen molar-refractivity contribution >= 4 is 29.3 Å². The molecule has 1 N–H and O–H groups in total. The lowest BCUT2D eigenvalue weighted by Crippen LogP contribution is -2.11. The Morgan fingerprint density at radius 3 is 2.68 bits per heavy atom. The Hall–Kier alpha value is -2.80. The molecule has 0 aliphatic heterocycles. The van der Waals surface area contributed by atoms with E-state index in [0.29, 0.717) is 28.7 Å². The fourth-order valence-corrected chi connectivity index (χ4v) is 2.57. The van der Waals surface area contributed by atoms with Crippen LogP contribution in [0, 0.1) is 0 Å². The summed E-state index contributed by atoms with van der Waals surface area (Å²) in [5.41, 5.74) is 0.745. The molecule has 8 heteroatoms. The topological polar surface area (TPSA) is 56.8 Å². The number of halogens is 3. The number of carbonyl (C=O) groups is 1. The maximum Gasteiger partial charge on any atom is 0.387 e. The number of methoxy groups -OCH3 is 1. The average Bonchev–Trinajstić information content (AvgIpc) is 2.66. The van der Waals surface area contributed by atoms with Gasteiger partial charge in [-0.3, -0.25) is 4.79 Å². The molecule has 0 heterocycles. The van der Waals surface area contributed by atoms with Gasteiger partial charge in [0, 0.05) is 6.08 Å². The average molecular weight is 412 g/mol. The molecule has 28 heavy (non-hydrogen) atoms. The minimum absolute atomic E-state index is 0.124. The molecule has 2 aromatic rings. The Bertz CT molecular complexity index is 843. The Kier molecular flexibility index (Phi) is 8.07. The molecule has 0 unspecified atom stereocenters. The van der Waals surface area contributed by atoms with Gasteiger partial charge >= 0.3 is 6.61 Å². The quantitative estimate of drug-likeness (QED) is 0.562. The molecule has 2 rings (SSSR count). The molecule has 0 aromatic heterocycles.